The van der Waals surface area contributed by atoms with Crippen molar-refractivity contribution in [3.05, 3.63) is 62.3 Å². The minimum atomic E-state index is -5.46. The number of allylic oxidation sites excluding steroid dienone is 2. The van der Waals surface area contributed by atoms with E-state index < -0.39 is 23.3 Å². The Morgan fingerprint density at radius 3 is 1.90 bits per heavy atom. The summed E-state index contributed by atoms with van der Waals surface area (Å²) in [6.07, 6.45) is 3.18. The van der Waals surface area contributed by atoms with Crippen LogP contribution in [-0.4, -0.2) is 17.8 Å². The molecule has 1 aliphatic carbocycles. The minimum Gasteiger partial charge on any atom is -0.195 e. The summed E-state index contributed by atoms with van der Waals surface area (Å²) in [6.45, 7) is 9.23. The normalized spacial score (nSPS) is 20.0. The maximum Gasteiger partial charge on any atom is 0.380 e. The van der Waals surface area contributed by atoms with E-state index in [2.05, 4.69) is 20.8 Å². The van der Waals surface area contributed by atoms with E-state index in [-0.39, 0.29) is 27.5 Å². The molecule has 0 saturated heterocycles. The van der Waals surface area contributed by atoms with Gasteiger partial charge in [-0.25, -0.2) is 0 Å². The van der Waals surface area contributed by atoms with Gasteiger partial charge >= 0.3 is 17.8 Å². The number of halogens is 6. The molecule has 3 rings (SSSR count). The van der Waals surface area contributed by atoms with Crippen LogP contribution in [0.25, 0.3) is 17.7 Å². The summed E-state index contributed by atoms with van der Waals surface area (Å²) >= 11 is 1.10. The Hall–Kier alpha value is -2.02. The molecule has 0 nitrogen and oxygen atoms in total. The van der Waals surface area contributed by atoms with E-state index in [0.717, 1.165) is 22.5 Å². The first kappa shape index (κ1) is 22.7. The van der Waals surface area contributed by atoms with Gasteiger partial charge in [-0.05, 0) is 42.0 Å². The van der Waals surface area contributed by atoms with Gasteiger partial charge in [-0.15, -0.1) is 11.3 Å². The van der Waals surface area contributed by atoms with E-state index in [1.165, 1.54) is 13.8 Å². The lowest BCUT2D eigenvalue weighted by Crippen LogP contribution is -2.48. The molecule has 0 bridgehead atoms. The number of thiophene rings is 1. The second kappa shape index (κ2) is 7.01. The molecular weight excluding hydrogens is 422 g/mol. The average molecular weight is 444 g/mol. The first-order valence-electron chi connectivity index (χ1n) is 9.35. The Bertz CT molecular complexity index is 1020. The van der Waals surface area contributed by atoms with Crippen molar-refractivity contribution in [2.75, 3.05) is 0 Å². The molecule has 1 heterocycles. The summed E-state index contributed by atoms with van der Waals surface area (Å²) in [5, 5.41) is 0. The minimum absolute atomic E-state index is 0.00293. The maximum atomic E-state index is 14.2. The molecule has 0 spiro atoms. The van der Waals surface area contributed by atoms with Crippen LogP contribution in [0.1, 0.15) is 52.8 Å². The predicted molar refractivity (Wildman–Crippen MR) is 111 cm³/mol. The molecule has 1 aliphatic rings. The van der Waals surface area contributed by atoms with E-state index in [4.69, 9.17) is 0 Å². The molecule has 0 fully saturated rings. The number of aryl methyl sites for hydroxylation is 1. The SMILES string of the molecule is Cc1sc(C=Cc2ccc(C(C)(C)C)cc2)c(C)c1C1=CC(F)(F)C(F)(F)C1(F)F. The molecule has 0 N–H and O–H groups in total. The molecule has 0 radical (unpaired) electrons. The Labute approximate surface area is 175 Å². The topological polar surface area (TPSA) is 0 Å². The largest absolute Gasteiger partial charge is 0.380 e. The lowest BCUT2D eigenvalue weighted by Gasteiger charge is -2.25. The van der Waals surface area contributed by atoms with Gasteiger partial charge in [-0.3, -0.25) is 0 Å². The molecule has 162 valence electrons. The van der Waals surface area contributed by atoms with Crippen LogP contribution >= 0.6 is 11.3 Å². The van der Waals surface area contributed by atoms with Crippen molar-refractivity contribution in [2.45, 2.75) is 57.8 Å². The summed E-state index contributed by atoms with van der Waals surface area (Å²) in [4.78, 5) is 0.840. The highest BCUT2D eigenvalue weighted by atomic mass is 32.1. The monoisotopic (exact) mass is 444 g/mol. The van der Waals surface area contributed by atoms with Gasteiger partial charge < -0.3 is 0 Å². The fourth-order valence-corrected chi connectivity index (χ4v) is 4.55. The first-order valence-corrected chi connectivity index (χ1v) is 10.2. The third-order valence-electron chi connectivity index (χ3n) is 5.31. The van der Waals surface area contributed by atoms with Gasteiger partial charge in [0.1, 0.15) is 0 Å². The van der Waals surface area contributed by atoms with Crippen molar-refractivity contribution >= 4 is 29.1 Å². The van der Waals surface area contributed by atoms with E-state index in [9.17, 15) is 26.3 Å². The molecule has 1 aromatic heterocycles. The van der Waals surface area contributed by atoms with Crippen LogP contribution in [0.15, 0.2) is 30.3 Å². The zero-order chi connectivity index (χ0) is 22.7. The zero-order valence-corrected chi connectivity index (χ0v) is 18.0. The molecular formula is C23H22F6S. The molecule has 0 amide bonds. The highest BCUT2D eigenvalue weighted by Crippen LogP contribution is 2.59. The summed E-state index contributed by atoms with van der Waals surface area (Å²) in [5.74, 6) is -15.3. The Morgan fingerprint density at radius 1 is 0.867 bits per heavy atom. The first-order chi connectivity index (χ1) is 13.6. The Kier molecular flexibility index (Phi) is 5.29. The van der Waals surface area contributed by atoms with Gasteiger partial charge in [-0.2, -0.15) is 26.3 Å². The molecule has 0 unspecified atom stereocenters. The van der Waals surface area contributed by atoms with E-state index in [1.807, 2.05) is 24.3 Å². The van der Waals surface area contributed by atoms with Crippen molar-refractivity contribution in [1.29, 1.82) is 0 Å². The summed E-state index contributed by atoms with van der Waals surface area (Å²) in [7, 11) is 0. The van der Waals surface area contributed by atoms with Gasteiger partial charge in [0.2, 0.25) is 0 Å². The van der Waals surface area contributed by atoms with Crippen molar-refractivity contribution < 1.29 is 26.3 Å². The molecule has 7 heteroatoms. The molecule has 0 saturated carbocycles. The third kappa shape index (κ3) is 3.51. The molecule has 30 heavy (non-hydrogen) atoms. The van der Waals surface area contributed by atoms with Crippen LogP contribution in [0.2, 0.25) is 0 Å². The van der Waals surface area contributed by atoms with Crippen LogP contribution < -0.4 is 0 Å². The van der Waals surface area contributed by atoms with Crippen LogP contribution in [0.4, 0.5) is 26.3 Å². The van der Waals surface area contributed by atoms with Crippen LogP contribution in [0.3, 0.4) is 0 Å². The van der Waals surface area contributed by atoms with Gasteiger partial charge in [0.25, 0.3) is 0 Å². The van der Waals surface area contributed by atoms with Crippen molar-refractivity contribution in [2.24, 2.45) is 0 Å². The fourth-order valence-electron chi connectivity index (χ4n) is 3.47. The third-order valence-corrected chi connectivity index (χ3v) is 6.48. The molecule has 2 aromatic rings. The van der Waals surface area contributed by atoms with Gasteiger partial charge in [-0.1, -0.05) is 51.1 Å². The highest BCUT2D eigenvalue weighted by molar-refractivity contribution is 7.13. The van der Waals surface area contributed by atoms with E-state index >= 15 is 0 Å². The van der Waals surface area contributed by atoms with Gasteiger partial charge in [0.05, 0.1) is 0 Å². The highest BCUT2D eigenvalue weighted by Gasteiger charge is 2.77. The number of alkyl halides is 6. The number of hydrogen-bond acceptors (Lipinski definition) is 1. The van der Waals surface area contributed by atoms with Crippen LogP contribution in [-0.2, 0) is 5.41 Å². The predicted octanol–water partition coefficient (Wildman–Crippen LogP) is 8.14. The molecule has 0 atom stereocenters. The number of hydrogen-bond donors (Lipinski definition) is 0. The van der Waals surface area contributed by atoms with E-state index in [0.29, 0.717) is 4.88 Å². The zero-order valence-electron chi connectivity index (χ0n) is 17.2. The Morgan fingerprint density at radius 2 is 1.43 bits per heavy atom. The summed E-state index contributed by atoms with van der Waals surface area (Å²) in [6, 6.07) is 7.82. The van der Waals surface area contributed by atoms with Crippen molar-refractivity contribution in [3.8, 4) is 0 Å². The second-order valence-corrected chi connectivity index (χ2v) is 9.81. The van der Waals surface area contributed by atoms with Gasteiger partial charge in [0, 0.05) is 27.0 Å². The lowest BCUT2D eigenvalue weighted by molar-refractivity contribution is -0.257. The molecule has 1 aromatic carbocycles. The fraction of sp³-hybridized carbons (Fsp3) is 0.391. The van der Waals surface area contributed by atoms with Crippen LogP contribution in [0, 0.1) is 13.8 Å². The van der Waals surface area contributed by atoms with Crippen LogP contribution in [0.5, 0.6) is 0 Å². The standard InChI is InChI=1S/C23H22F6S/c1-13-18(11-8-15-6-9-16(10-7-15)20(3,4)5)30-14(2)19(13)17-12-21(24,25)23(28,29)22(17,26)27/h6-12H,1-5H3. The summed E-state index contributed by atoms with van der Waals surface area (Å²) in [5.41, 5.74) is 0.769. The number of benzene rings is 1. The quantitative estimate of drug-likeness (QED) is 0.419. The number of rotatable bonds is 3. The Balaban J connectivity index is 1.97. The average Bonchev–Trinajstić information content (AvgIpc) is 2.96. The summed E-state index contributed by atoms with van der Waals surface area (Å²) < 4.78 is 82.9. The lowest BCUT2D eigenvalue weighted by atomic mass is 9.87. The van der Waals surface area contributed by atoms with Gasteiger partial charge in [0.15, 0.2) is 0 Å². The maximum absolute atomic E-state index is 14.2. The molecule has 0 aliphatic heterocycles. The second-order valence-electron chi connectivity index (χ2n) is 8.56. The van der Waals surface area contributed by atoms with Crippen molar-refractivity contribution in [1.82, 2.24) is 0 Å². The van der Waals surface area contributed by atoms with Crippen molar-refractivity contribution in [3.63, 3.8) is 0 Å². The van der Waals surface area contributed by atoms with E-state index in [1.54, 1.807) is 12.2 Å². The smallest absolute Gasteiger partial charge is 0.195 e.